The number of aryl methyl sites for hydroxylation is 1. The predicted octanol–water partition coefficient (Wildman–Crippen LogP) is 2.82. The number of rotatable bonds is 3. The lowest BCUT2D eigenvalue weighted by Gasteiger charge is -2.26. The molecule has 3 aromatic heterocycles. The van der Waals surface area contributed by atoms with E-state index in [4.69, 9.17) is 0 Å². The summed E-state index contributed by atoms with van der Waals surface area (Å²) in [6.07, 6.45) is 5.82. The van der Waals surface area contributed by atoms with E-state index >= 15 is 0 Å². The third-order valence-electron chi connectivity index (χ3n) is 4.53. The summed E-state index contributed by atoms with van der Waals surface area (Å²) < 4.78 is 15.0. The van der Waals surface area contributed by atoms with Crippen molar-refractivity contribution in [1.29, 1.82) is 0 Å². The van der Waals surface area contributed by atoms with E-state index in [2.05, 4.69) is 15.1 Å². The van der Waals surface area contributed by atoms with E-state index in [-0.39, 0.29) is 23.2 Å². The molecule has 4 rings (SSSR count). The summed E-state index contributed by atoms with van der Waals surface area (Å²) in [7, 11) is 0. The zero-order valence-corrected chi connectivity index (χ0v) is 13.5. The number of nitrogens with zero attached hydrogens (tertiary/aromatic N) is 6. The highest BCUT2D eigenvalue weighted by Crippen LogP contribution is 2.36. The van der Waals surface area contributed by atoms with Crippen molar-refractivity contribution in [3.63, 3.8) is 0 Å². The van der Waals surface area contributed by atoms with Crippen LogP contribution in [0, 0.1) is 22.9 Å². The van der Waals surface area contributed by atoms with Crippen LogP contribution in [0.1, 0.15) is 30.1 Å². The molecular formula is C16H15FN6O2. The Hall–Kier alpha value is -3.10. The first-order valence-electron chi connectivity index (χ1n) is 7.92. The van der Waals surface area contributed by atoms with E-state index < -0.39 is 4.92 Å². The molecule has 1 aliphatic heterocycles. The summed E-state index contributed by atoms with van der Waals surface area (Å²) in [5.74, 6) is 0.240. The van der Waals surface area contributed by atoms with E-state index in [1.54, 1.807) is 12.3 Å². The van der Waals surface area contributed by atoms with Crippen LogP contribution in [0.15, 0.2) is 30.7 Å². The van der Waals surface area contributed by atoms with E-state index in [0.29, 0.717) is 5.82 Å². The Morgan fingerprint density at radius 2 is 2.24 bits per heavy atom. The molecule has 0 bridgehead atoms. The van der Waals surface area contributed by atoms with Gasteiger partial charge in [-0.15, -0.1) is 0 Å². The summed E-state index contributed by atoms with van der Waals surface area (Å²) in [6, 6.07) is 3.22. The highest BCUT2D eigenvalue weighted by atomic mass is 19.1. The zero-order valence-electron chi connectivity index (χ0n) is 13.5. The highest BCUT2D eigenvalue weighted by Gasteiger charge is 2.30. The first-order valence-corrected chi connectivity index (χ1v) is 7.92. The van der Waals surface area contributed by atoms with Crippen LogP contribution in [0.2, 0.25) is 0 Å². The van der Waals surface area contributed by atoms with E-state index in [9.17, 15) is 14.5 Å². The normalized spacial score (nSPS) is 17.4. The Balaban J connectivity index is 1.77. The van der Waals surface area contributed by atoms with Crippen LogP contribution in [0.5, 0.6) is 0 Å². The van der Waals surface area contributed by atoms with Gasteiger partial charge in [0.1, 0.15) is 17.8 Å². The Morgan fingerprint density at radius 3 is 3.04 bits per heavy atom. The number of hydrogen-bond donors (Lipinski definition) is 0. The molecule has 8 nitrogen and oxygen atoms in total. The number of fused-ring (bicyclic) bond motifs is 1. The molecule has 25 heavy (non-hydrogen) atoms. The number of pyridine rings is 1. The molecule has 1 fully saturated rings. The van der Waals surface area contributed by atoms with Gasteiger partial charge in [-0.2, -0.15) is 5.10 Å². The molecule has 0 saturated carbocycles. The second-order valence-corrected chi connectivity index (χ2v) is 6.02. The minimum Gasteiger partial charge on any atom is -0.349 e. The summed E-state index contributed by atoms with van der Waals surface area (Å²) in [5.41, 5.74) is 1.65. The molecule has 9 heteroatoms. The highest BCUT2D eigenvalue weighted by molar-refractivity contribution is 5.61. The largest absolute Gasteiger partial charge is 0.349 e. The molecule has 0 amide bonds. The maximum atomic E-state index is 13.7. The van der Waals surface area contributed by atoms with Gasteiger partial charge in [-0.05, 0) is 37.5 Å². The molecule has 128 valence electrons. The second-order valence-electron chi connectivity index (χ2n) is 6.02. The Kier molecular flexibility index (Phi) is 3.56. The minimum atomic E-state index is -0.499. The van der Waals surface area contributed by atoms with Crippen molar-refractivity contribution in [2.45, 2.75) is 25.8 Å². The standard InChI is InChI=1S/C16H15FN6O2/c1-10-12(7-11(17)8-18-10)13-3-2-5-21(13)15-4-6-22-16(20-15)14(9-19-22)23(24)25/h4,6-9,13H,2-3,5H2,1H3. The molecule has 0 aliphatic carbocycles. The zero-order chi connectivity index (χ0) is 17.6. The van der Waals surface area contributed by atoms with Crippen LogP contribution in [0.3, 0.4) is 0 Å². The fourth-order valence-electron chi connectivity index (χ4n) is 3.36. The third kappa shape index (κ3) is 2.57. The van der Waals surface area contributed by atoms with Crippen LogP contribution in [0.25, 0.3) is 5.65 Å². The van der Waals surface area contributed by atoms with Crippen LogP contribution < -0.4 is 4.90 Å². The van der Waals surface area contributed by atoms with Gasteiger partial charge in [0.15, 0.2) is 0 Å². The molecule has 1 atom stereocenters. The summed E-state index contributed by atoms with van der Waals surface area (Å²) >= 11 is 0. The first-order chi connectivity index (χ1) is 12.0. The first kappa shape index (κ1) is 15.4. The summed E-state index contributed by atoms with van der Waals surface area (Å²) in [5, 5.41) is 15.1. The average molecular weight is 342 g/mol. The van der Waals surface area contributed by atoms with Gasteiger partial charge in [0.25, 0.3) is 0 Å². The Morgan fingerprint density at radius 1 is 1.40 bits per heavy atom. The number of hydrogen-bond acceptors (Lipinski definition) is 6. The van der Waals surface area contributed by atoms with Gasteiger partial charge in [0.2, 0.25) is 5.65 Å². The SMILES string of the molecule is Cc1ncc(F)cc1C1CCCN1c1ccn2ncc([N+](=O)[O-])c2n1. The van der Waals surface area contributed by atoms with Gasteiger partial charge < -0.3 is 4.90 Å². The van der Waals surface area contributed by atoms with Crippen LogP contribution >= 0.6 is 0 Å². The minimum absolute atomic E-state index is 0.0554. The lowest BCUT2D eigenvalue weighted by molar-refractivity contribution is -0.383. The number of nitro groups is 1. The lowest BCUT2D eigenvalue weighted by Crippen LogP contribution is -2.24. The Bertz CT molecular complexity index is 972. The van der Waals surface area contributed by atoms with Crippen molar-refractivity contribution in [3.05, 3.63) is 57.9 Å². The van der Waals surface area contributed by atoms with Gasteiger partial charge in [-0.1, -0.05) is 0 Å². The van der Waals surface area contributed by atoms with Crippen molar-refractivity contribution in [3.8, 4) is 0 Å². The summed E-state index contributed by atoms with van der Waals surface area (Å²) in [6.45, 7) is 2.59. The van der Waals surface area contributed by atoms with Gasteiger partial charge in [-0.25, -0.2) is 13.9 Å². The van der Waals surface area contributed by atoms with Crippen molar-refractivity contribution in [2.75, 3.05) is 11.4 Å². The summed E-state index contributed by atoms with van der Waals surface area (Å²) in [4.78, 5) is 21.2. The molecule has 0 aromatic carbocycles. The second kappa shape index (κ2) is 5.76. The lowest BCUT2D eigenvalue weighted by atomic mass is 10.0. The fourth-order valence-corrected chi connectivity index (χ4v) is 3.36. The van der Waals surface area contributed by atoms with Crippen LogP contribution in [-0.4, -0.2) is 31.1 Å². The van der Waals surface area contributed by atoms with Crippen LogP contribution in [0.4, 0.5) is 15.9 Å². The molecule has 1 aliphatic rings. The van der Waals surface area contributed by atoms with Gasteiger partial charge >= 0.3 is 5.69 Å². The molecule has 3 aromatic rings. The van der Waals surface area contributed by atoms with Gasteiger partial charge in [0, 0.05) is 18.4 Å². The van der Waals surface area contributed by atoms with Crippen molar-refractivity contribution < 1.29 is 9.31 Å². The molecule has 1 saturated heterocycles. The molecule has 4 heterocycles. The van der Waals surface area contributed by atoms with Crippen LogP contribution in [-0.2, 0) is 0 Å². The number of aromatic nitrogens is 4. The van der Waals surface area contributed by atoms with Crippen molar-refractivity contribution >= 4 is 17.2 Å². The molecular weight excluding hydrogens is 327 g/mol. The molecule has 0 radical (unpaired) electrons. The monoisotopic (exact) mass is 342 g/mol. The predicted molar refractivity (Wildman–Crippen MR) is 87.9 cm³/mol. The fraction of sp³-hybridized carbons (Fsp3) is 0.312. The number of halogens is 1. The molecule has 0 spiro atoms. The van der Waals surface area contributed by atoms with Gasteiger partial charge in [0.05, 0.1) is 17.2 Å². The smallest absolute Gasteiger partial charge is 0.333 e. The quantitative estimate of drug-likeness (QED) is 0.537. The third-order valence-corrected chi connectivity index (χ3v) is 4.53. The molecule has 1 unspecified atom stereocenters. The van der Waals surface area contributed by atoms with E-state index in [1.807, 2.05) is 11.8 Å². The molecule has 0 N–H and O–H groups in total. The van der Waals surface area contributed by atoms with Crippen molar-refractivity contribution in [1.82, 2.24) is 19.6 Å². The van der Waals surface area contributed by atoms with E-state index in [1.165, 1.54) is 23.0 Å². The Labute approximate surface area is 142 Å². The number of anilines is 1. The average Bonchev–Trinajstić information content (AvgIpc) is 3.22. The van der Waals surface area contributed by atoms with Gasteiger partial charge in [-0.3, -0.25) is 15.1 Å². The van der Waals surface area contributed by atoms with Crippen molar-refractivity contribution in [2.24, 2.45) is 0 Å². The maximum absolute atomic E-state index is 13.7. The maximum Gasteiger partial charge on any atom is 0.333 e. The van der Waals surface area contributed by atoms with E-state index in [0.717, 1.165) is 30.6 Å². The topological polar surface area (TPSA) is 89.5 Å².